The van der Waals surface area contributed by atoms with Crippen LogP contribution in [0.3, 0.4) is 0 Å². The highest BCUT2D eigenvalue weighted by atomic mass is 14.7. The molecule has 0 spiro atoms. The van der Waals surface area contributed by atoms with Gasteiger partial charge in [-0.1, -0.05) is 40.7 Å². The van der Waals surface area contributed by atoms with Crippen LogP contribution >= 0.6 is 0 Å². The molecule has 1 heteroatoms. The summed E-state index contributed by atoms with van der Waals surface area (Å²) >= 11 is 0. The topological polar surface area (TPSA) is 12.4 Å². The van der Waals surface area contributed by atoms with Gasteiger partial charge in [-0.2, -0.15) is 0 Å². The van der Waals surface area contributed by atoms with Crippen LogP contribution in [0, 0.1) is 5.41 Å². The summed E-state index contributed by atoms with van der Waals surface area (Å²) in [7, 11) is 0. The van der Waals surface area contributed by atoms with Crippen LogP contribution < -0.4 is 0 Å². The average Bonchev–Trinajstić information content (AvgIpc) is 2.40. The molecule has 1 heterocycles. The lowest BCUT2D eigenvalue weighted by atomic mass is 9.89. The van der Waals surface area contributed by atoms with Crippen LogP contribution in [0.4, 0.5) is 0 Å². The SMILES string of the molecule is CC.CC(C)(C)C1=NC=CC1. The summed E-state index contributed by atoms with van der Waals surface area (Å²) in [6, 6.07) is 0. The summed E-state index contributed by atoms with van der Waals surface area (Å²) in [5, 5.41) is 0. The lowest BCUT2D eigenvalue weighted by Crippen LogP contribution is -2.17. The van der Waals surface area contributed by atoms with Gasteiger partial charge < -0.3 is 0 Å². The van der Waals surface area contributed by atoms with Gasteiger partial charge in [0.25, 0.3) is 0 Å². The fourth-order valence-electron chi connectivity index (χ4n) is 0.860. The average molecular weight is 153 g/mol. The predicted molar refractivity (Wildman–Crippen MR) is 52.0 cm³/mol. The van der Waals surface area contributed by atoms with Crippen molar-refractivity contribution in [3.8, 4) is 0 Å². The Balaban J connectivity index is 0.000000461. The van der Waals surface area contributed by atoms with Gasteiger partial charge in [0.2, 0.25) is 0 Å². The number of allylic oxidation sites excluding steroid dienone is 1. The van der Waals surface area contributed by atoms with Crippen LogP contribution in [-0.2, 0) is 0 Å². The van der Waals surface area contributed by atoms with E-state index < -0.39 is 0 Å². The summed E-state index contributed by atoms with van der Waals surface area (Å²) in [5.74, 6) is 0. The highest BCUT2D eigenvalue weighted by Crippen LogP contribution is 2.21. The number of hydrogen-bond donors (Lipinski definition) is 0. The Hall–Kier alpha value is -0.590. The maximum absolute atomic E-state index is 4.24. The molecule has 0 radical (unpaired) electrons. The summed E-state index contributed by atoms with van der Waals surface area (Å²) in [5.41, 5.74) is 1.56. The minimum Gasteiger partial charge on any atom is -0.265 e. The molecule has 0 saturated carbocycles. The molecule has 0 aromatic heterocycles. The van der Waals surface area contributed by atoms with E-state index in [4.69, 9.17) is 0 Å². The van der Waals surface area contributed by atoms with Crippen molar-refractivity contribution in [2.75, 3.05) is 0 Å². The van der Waals surface area contributed by atoms with Gasteiger partial charge in [0, 0.05) is 23.7 Å². The molecular weight excluding hydrogens is 134 g/mol. The second kappa shape index (κ2) is 4.32. The van der Waals surface area contributed by atoms with Crippen molar-refractivity contribution in [1.29, 1.82) is 0 Å². The van der Waals surface area contributed by atoms with Crippen LogP contribution in [0.25, 0.3) is 0 Å². The van der Waals surface area contributed by atoms with E-state index in [1.165, 1.54) is 5.71 Å². The quantitative estimate of drug-likeness (QED) is 0.505. The van der Waals surface area contributed by atoms with Gasteiger partial charge >= 0.3 is 0 Å². The molecule has 0 atom stereocenters. The van der Waals surface area contributed by atoms with Crippen molar-refractivity contribution in [2.45, 2.75) is 41.0 Å². The normalized spacial score (nSPS) is 15.5. The van der Waals surface area contributed by atoms with Crippen LogP contribution in [0.2, 0.25) is 0 Å². The van der Waals surface area contributed by atoms with E-state index in [2.05, 4.69) is 31.8 Å². The number of nitrogens with zero attached hydrogens (tertiary/aromatic N) is 1. The van der Waals surface area contributed by atoms with Gasteiger partial charge in [0.05, 0.1) is 0 Å². The van der Waals surface area contributed by atoms with Crippen molar-refractivity contribution in [3.63, 3.8) is 0 Å². The van der Waals surface area contributed by atoms with Crippen LogP contribution in [0.1, 0.15) is 41.0 Å². The molecule has 0 bridgehead atoms. The molecule has 1 aliphatic heterocycles. The van der Waals surface area contributed by atoms with Crippen molar-refractivity contribution < 1.29 is 0 Å². The minimum absolute atomic E-state index is 0.267. The Labute approximate surface area is 70.2 Å². The fourth-order valence-corrected chi connectivity index (χ4v) is 0.860. The third kappa shape index (κ3) is 3.35. The van der Waals surface area contributed by atoms with Crippen LogP contribution in [0.5, 0.6) is 0 Å². The zero-order valence-corrected chi connectivity index (χ0v) is 8.31. The molecule has 1 nitrogen and oxygen atoms in total. The first-order chi connectivity index (χ1) is 5.11. The molecule has 64 valence electrons. The Morgan fingerprint density at radius 1 is 1.27 bits per heavy atom. The monoisotopic (exact) mass is 153 g/mol. The summed E-state index contributed by atoms with van der Waals surface area (Å²) in [6.07, 6.45) is 5.03. The van der Waals surface area contributed by atoms with Crippen molar-refractivity contribution >= 4 is 5.71 Å². The Kier molecular flexibility index (Phi) is 4.09. The Morgan fingerprint density at radius 3 is 2.00 bits per heavy atom. The Morgan fingerprint density at radius 2 is 1.82 bits per heavy atom. The number of rotatable bonds is 0. The first kappa shape index (κ1) is 10.4. The largest absolute Gasteiger partial charge is 0.265 e. The van der Waals surface area contributed by atoms with Gasteiger partial charge in [-0.05, 0) is 0 Å². The standard InChI is InChI=1S/C8H13N.C2H6/c1-8(2,3)7-5-4-6-9-7;1-2/h4,6H,5H2,1-3H3;1-2H3. The molecule has 0 saturated heterocycles. The molecule has 0 aromatic carbocycles. The highest BCUT2D eigenvalue weighted by Gasteiger charge is 2.18. The second-order valence-electron chi connectivity index (χ2n) is 3.41. The predicted octanol–water partition coefficient (Wildman–Crippen LogP) is 3.42. The zero-order chi connectivity index (χ0) is 8.91. The first-order valence-corrected chi connectivity index (χ1v) is 4.33. The van der Waals surface area contributed by atoms with E-state index in [0.717, 1.165) is 6.42 Å². The minimum atomic E-state index is 0.267. The lowest BCUT2D eigenvalue weighted by Gasteiger charge is -2.17. The van der Waals surface area contributed by atoms with E-state index in [1.807, 2.05) is 20.0 Å². The van der Waals surface area contributed by atoms with Crippen molar-refractivity contribution in [2.24, 2.45) is 10.4 Å². The highest BCUT2D eigenvalue weighted by molar-refractivity contribution is 5.92. The first-order valence-electron chi connectivity index (χ1n) is 4.33. The second-order valence-corrected chi connectivity index (χ2v) is 3.41. The van der Waals surface area contributed by atoms with E-state index in [1.54, 1.807) is 0 Å². The molecule has 0 N–H and O–H groups in total. The molecular formula is C10H19N. The van der Waals surface area contributed by atoms with Crippen LogP contribution in [0.15, 0.2) is 17.3 Å². The van der Waals surface area contributed by atoms with E-state index >= 15 is 0 Å². The summed E-state index contributed by atoms with van der Waals surface area (Å²) in [6.45, 7) is 10.6. The van der Waals surface area contributed by atoms with Gasteiger partial charge in [-0.15, -0.1) is 0 Å². The Bertz CT molecular complexity index is 158. The number of aliphatic imine (C=N–C) groups is 1. The van der Waals surface area contributed by atoms with Gasteiger partial charge in [0.15, 0.2) is 0 Å². The fraction of sp³-hybridized carbons (Fsp3) is 0.700. The maximum atomic E-state index is 4.24. The van der Waals surface area contributed by atoms with Crippen molar-refractivity contribution in [3.05, 3.63) is 12.3 Å². The molecule has 0 aromatic rings. The third-order valence-corrected chi connectivity index (χ3v) is 1.51. The van der Waals surface area contributed by atoms with E-state index in [-0.39, 0.29) is 5.41 Å². The third-order valence-electron chi connectivity index (χ3n) is 1.51. The maximum Gasteiger partial charge on any atom is 0.0270 e. The molecule has 0 fully saturated rings. The molecule has 0 unspecified atom stereocenters. The van der Waals surface area contributed by atoms with Gasteiger partial charge in [-0.25, -0.2) is 0 Å². The van der Waals surface area contributed by atoms with E-state index in [9.17, 15) is 0 Å². The lowest BCUT2D eigenvalue weighted by molar-refractivity contribution is 0.585. The van der Waals surface area contributed by atoms with Crippen molar-refractivity contribution in [1.82, 2.24) is 0 Å². The summed E-state index contributed by atoms with van der Waals surface area (Å²) in [4.78, 5) is 4.24. The molecule has 1 rings (SSSR count). The number of hydrogen-bond acceptors (Lipinski definition) is 1. The summed E-state index contributed by atoms with van der Waals surface area (Å²) < 4.78 is 0. The molecule has 11 heavy (non-hydrogen) atoms. The van der Waals surface area contributed by atoms with Crippen LogP contribution in [-0.4, -0.2) is 5.71 Å². The molecule has 0 aliphatic carbocycles. The van der Waals surface area contributed by atoms with Gasteiger partial charge in [0.1, 0.15) is 0 Å². The molecule has 1 aliphatic rings. The van der Waals surface area contributed by atoms with Gasteiger partial charge in [-0.3, -0.25) is 4.99 Å². The smallest absolute Gasteiger partial charge is 0.0270 e. The molecule has 0 amide bonds. The zero-order valence-electron chi connectivity index (χ0n) is 8.31. The van der Waals surface area contributed by atoms with E-state index in [0.29, 0.717) is 0 Å².